The molecule has 4 rings (SSSR count). The van der Waals surface area contributed by atoms with Crippen LogP contribution in [0.4, 0.5) is 5.69 Å². The number of carbonyl (C=O) groups is 1. The van der Waals surface area contributed by atoms with Gasteiger partial charge in [0.2, 0.25) is 15.7 Å². The smallest absolute Gasteiger partial charge is 0.225 e. The minimum Gasteiger partial charge on any atom is -0.493 e. The summed E-state index contributed by atoms with van der Waals surface area (Å²) >= 11 is 1.33. The Balaban J connectivity index is 1.76. The standard InChI is InChI=1S/C23H21NO5S2/c1-3-11-29-18-10-9-15(12-19(18)28-2)17-13-21(25)24-22-20(14-30-23(17)22)31(26,27)16-7-5-4-6-8-16/h3-10,12,14,17H,1,11,13H2,2H3,(H,24,25)/t17-/m1/s1. The third-order valence-electron chi connectivity index (χ3n) is 5.05. The van der Waals surface area contributed by atoms with E-state index in [1.165, 1.54) is 11.3 Å². The largest absolute Gasteiger partial charge is 0.493 e. The maximum atomic E-state index is 13.2. The number of sulfone groups is 1. The van der Waals surface area contributed by atoms with E-state index in [0.717, 1.165) is 10.4 Å². The molecule has 0 radical (unpaired) electrons. The summed E-state index contributed by atoms with van der Waals surface area (Å²) in [5.74, 6) is 0.605. The van der Waals surface area contributed by atoms with Crippen molar-refractivity contribution in [3.63, 3.8) is 0 Å². The fraction of sp³-hybridized carbons (Fsp3) is 0.174. The van der Waals surface area contributed by atoms with Crippen LogP contribution >= 0.6 is 11.3 Å². The van der Waals surface area contributed by atoms with E-state index in [0.29, 0.717) is 23.8 Å². The lowest BCUT2D eigenvalue weighted by molar-refractivity contribution is -0.116. The number of rotatable bonds is 7. The molecule has 31 heavy (non-hydrogen) atoms. The van der Waals surface area contributed by atoms with Gasteiger partial charge in [-0.3, -0.25) is 4.79 Å². The highest BCUT2D eigenvalue weighted by Crippen LogP contribution is 2.46. The molecule has 6 nitrogen and oxygen atoms in total. The topological polar surface area (TPSA) is 81.7 Å². The zero-order chi connectivity index (χ0) is 22.0. The van der Waals surface area contributed by atoms with Gasteiger partial charge in [-0.15, -0.1) is 11.3 Å². The van der Waals surface area contributed by atoms with Crippen molar-refractivity contribution in [1.29, 1.82) is 0 Å². The van der Waals surface area contributed by atoms with Crippen LogP contribution in [0.2, 0.25) is 0 Å². The van der Waals surface area contributed by atoms with E-state index in [1.54, 1.807) is 55.0 Å². The molecule has 0 fully saturated rings. The van der Waals surface area contributed by atoms with E-state index in [9.17, 15) is 13.2 Å². The summed E-state index contributed by atoms with van der Waals surface area (Å²) in [5.41, 5.74) is 1.21. The van der Waals surface area contributed by atoms with E-state index in [2.05, 4.69) is 11.9 Å². The predicted molar refractivity (Wildman–Crippen MR) is 120 cm³/mol. The second-order valence-electron chi connectivity index (χ2n) is 6.97. The molecular formula is C23H21NO5S2. The molecule has 1 aliphatic rings. The summed E-state index contributed by atoms with van der Waals surface area (Å²) < 4.78 is 37.4. The third kappa shape index (κ3) is 3.96. The van der Waals surface area contributed by atoms with Gasteiger partial charge in [-0.1, -0.05) is 36.9 Å². The molecule has 0 aliphatic carbocycles. The van der Waals surface area contributed by atoms with Crippen LogP contribution in [0, 0.1) is 0 Å². The van der Waals surface area contributed by atoms with Crippen molar-refractivity contribution in [3.8, 4) is 11.5 Å². The summed E-state index contributed by atoms with van der Waals surface area (Å²) in [6, 6.07) is 13.7. The molecule has 0 unspecified atom stereocenters. The monoisotopic (exact) mass is 455 g/mol. The Morgan fingerprint density at radius 1 is 1.19 bits per heavy atom. The maximum Gasteiger partial charge on any atom is 0.225 e. The molecule has 0 bridgehead atoms. The van der Waals surface area contributed by atoms with Crippen LogP contribution in [0.5, 0.6) is 11.5 Å². The van der Waals surface area contributed by atoms with Gasteiger partial charge in [-0.05, 0) is 29.8 Å². The minimum absolute atomic E-state index is 0.120. The molecule has 2 aromatic carbocycles. The summed E-state index contributed by atoms with van der Waals surface area (Å²) in [6.07, 6.45) is 1.86. The number of ether oxygens (including phenoxy) is 2. The van der Waals surface area contributed by atoms with Crippen molar-refractivity contribution in [2.75, 3.05) is 19.0 Å². The van der Waals surface area contributed by atoms with Crippen LogP contribution in [0.25, 0.3) is 0 Å². The van der Waals surface area contributed by atoms with Gasteiger partial charge in [0, 0.05) is 22.6 Å². The molecule has 8 heteroatoms. The van der Waals surface area contributed by atoms with Crippen LogP contribution in [0.3, 0.4) is 0 Å². The predicted octanol–water partition coefficient (Wildman–Crippen LogP) is 4.63. The van der Waals surface area contributed by atoms with Crippen LogP contribution in [-0.2, 0) is 14.6 Å². The van der Waals surface area contributed by atoms with Gasteiger partial charge in [0.15, 0.2) is 11.5 Å². The Kier molecular flexibility index (Phi) is 5.84. The van der Waals surface area contributed by atoms with Gasteiger partial charge < -0.3 is 14.8 Å². The van der Waals surface area contributed by atoms with Crippen LogP contribution in [0.15, 0.2) is 76.4 Å². The van der Waals surface area contributed by atoms with Crippen molar-refractivity contribution in [3.05, 3.63) is 77.0 Å². The average Bonchev–Trinajstić information content (AvgIpc) is 3.22. The van der Waals surface area contributed by atoms with Gasteiger partial charge in [0.25, 0.3) is 0 Å². The molecule has 0 saturated heterocycles. The van der Waals surface area contributed by atoms with Gasteiger partial charge >= 0.3 is 0 Å². The number of thiophene rings is 1. The van der Waals surface area contributed by atoms with Crippen molar-refractivity contribution in [1.82, 2.24) is 0 Å². The van der Waals surface area contributed by atoms with Gasteiger partial charge in [-0.2, -0.15) is 0 Å². The first-order chi connectivity index (χ1) is 15.0. The number of hydrogen-bond donors (Lipinski definition) is 1. The number of anilines is 1. The van der Waals surface area contributed by atoms with Crippen LogP contribution in [-0.4, -0.2) is 28.0 Å². The lowest BCUT2D eigenvalue weighted by Gasteiger charge is -2.24. The summed E-state index contributed by atoms with van der Waals surface area (Å²) in [4.78, 5) is 13.6. The molecule has 1 N–H and O–H groups in total. The lowest BCUT2D eigenvalue weighted by Crippen LogP contribution is -2.23. The van der Waals surface area contributed by atoms with Crippen molar-refractivity contribution in [2.24, 2.45) is 0 Å². The number of hydrogen-bond acceptors (Lipinski definition) is 6. The SMILES string of the molecule is C=CCOc1ccc([C@H]2CC(=O)Nc3c(S(=O)(=O)c4ccccc4)csc32)cc1OC. The van der Waals surface area contributed by atoms with E-state index in [4.69, 9.17) is 9.47 Å². The highest BCUT2D eigenvalue weighted by atomic mass is 32.2. The van der Waals surface area contributed by atoms with Crippen molar-refractivity contribution < 1.29 is 22.7 Å². The van der Waals surface area contributed by atoms with Crippen molar-refractivity contribution >= 4 is 32.8 Å². The molecule has 1 atom stereocenters. The first-order valence-corrected chi connectivity index (χ1v) is 11.9. The molecular weight excluding hydrogens is 434 g/mol. The highest BCUT2D eigenvalue weighted by molar-refractivity contribution is 7.91. The molecule has 1 aromatic heterocycles. The van der Waals surface area contributed by atoms with E-state index >= 15 is 0 Å². The van der Waals surface area contributed by atoms with E-state index < -0.39 is 9.84 Å². The molecule has 0 spiro atoms. The highest BCUT2D eigenvalue weighted by Gasteiger charge is 2.34. The summed E-state index contributed by atoms with van der Waals surface area (Å²) in [5, 5.41) is 4.38. The van der Waals surface area contributed by atoms with Crippen LogP contribution in [0.1, 0.15) is 22.8 Å². The summed E-state index contributed by atoms with van der Waals surface area (Å²) in [7, 11) is -2.20. The third-order valence-corrected chi connectivity index (χ3v) is 8.09. The van der Waals surface area contributed by atoms with Gasteiger partial charge in [-0.25, -0.2) is 8.42 Å². The molecule has 1 aliphatic heterocycles. The Morgan fingerprint density at radius 2 is 1.97 bits per heavy atom. The number of benzene rings is 2. The Labute approximate surface area is 185 Å². The minimum atomic E-state index is -3.75. The quantitative estimate of drug-likeness (QED) is 0.526. The molecule has 3 aromatic rings. The zero-order valence-corrected chi connectivity index (χ0v) is 18.5. The Hall–Kier alpha value is -3.10. The van der Waals surface area contributed by atoms with Crippen LogP contribution < -0.4 is 14.8 Å². The number of methoxy groups -OCH3 is 1. The second kappa shape index (κ2) is 8.56. The van der Waals surface area contributed by atoms with Gasteiger partial charge in [0.1, 0.15) is 11.5 Å². The summed E-state index contributed by atoms with van der Waals surface area (Å²) in [6.45, 7) is 3.99. The Morgan fingerprint density at radius 3 is 2.68 bits per heavy atom. The van der Waals surface area contributed by atoms with E-state index in [-0.39, 0.29) is 28.0 Å². The maximum absolute atomic E-state index is 13.2. The van der Waals surface area contributed by atoms with Crippen molar-refractivity contribution in [2.45, 2.75) is 22.1 Å². The average molecular weight is 456 g/mol. The molecule has 0 saturated carbocycles. The first kappa shape index (κ1) is 21.1. The second-order valence-corrected chi connectivity index (χ2v) is 9.80. The number of amides is 1. The zero-order valence-electron chi connectivity index (χ0n) is 16.8. The normalized spacial score (nSPS) is 15.6. The molecule has 2 heterocycles. The number of carbonyl (C=O) groups excluding carboxylic acids is 1. The lowest BCUT2D eigenvalue weighted by atomic mass is 9.90. The fourth-order valence-electron chi connectivity index (χ4n) is 3.57. The van der Waals surface area contributed by atoms with Gasteiger partial charge in [0.05, 0.1) is 17.7 Å². The molecule has 1 amide bonds. The Bertz CT molecular complexity index is 1230. The number of fused-ring (bicyclic) bond motifs is 1. The fourth-order valence-corrected chi connectivity index (χ4v) is 6.50. The van der Waals surface area contributed by atoms with E-state index in [1.807, 2.05) is 12.1 Å². The molecule has 160 valence electrons. The first-order valence-electron chi connectivity index (χ1n) is 9.58. The number of nitrogens with one attached hydrogen (secondary N) is 1.